The van der Waals surface area contributed by atoms with Gasteiger partial charge in [0.2, 0.25) is 0 Å². The highest BCUT2D eigenvalue weighted by molar-refractivity contribution is 6.30. The van der Waals surface area contributed by atoms with Gasteiger partial charge in [0.05, 0.1) is 34.2 Å². The fraction of sp³-hybridized carbons (Fsp3) is 0.281. The first-order chi connectivity index (χ1) is 19.9. The van der Waals surface area contributed by atoms with Crippen LogP contribution in [-0.2, 0) is 17.8 Å². The van der Waals surface area contributed by atoms with Gasteiger partial charge in [0, 0.05) is 17.7 Å². The zero-order valence-electron chi connectivity index (χ0n) is 24.2. The molecular weight excluding hydrogens is 536 g/mol. The van der Waals surface area contributed by atoms with Crippen LogP contribution in [0.1, 0.15) is 56.0 Å². The molecule has 0 fully saturated rings. The zero-order valence-corrected chi connectivity index (χ0v) is 25.0. The Morgan fingerprint density at radius 3 is 2.54 bits per heavy atom. The molecular formula is C32H33ClN6O2. The van der Waals surface area contributed by atoms with Crippen molar-refractivity contribution in [1.82, 2.24) is 29.3 Å². The van der Waals surface area contributed by atoms with Crippen LogP contribution < -0.4 is 5.56 Å². The summed E-state index contributed by atoms with van der Waals surface area (Å²) >= 11 is 6.12. The number of hydrogen-bond acceptors (Lipinski definition) is 6. The average Bonchev–Trinajstić information content (AvgIpc) is 3.36. The summed E-state index contributed by atoms with van der Waals surface area (Å²) in [6.45, 7) is 10.7. The molecule has 5 aromatic rings. The second-order valence-electron chi connectivity index (χ2n) is 9.12. The van der Waals surface area contributed by atoms with Crippen LogP contribution in [0.3, 0.4) is 0 Å². The number of fused-ring (bicyclic) bond motifs is 2. The van der Waals surface area contributed by atoms with Crippen LogP contribution in [0.4, 0.5) is 0 Å². The lowest BCUT2D eigenvalue weighted by Crippen LogP contribution is -2.28. The summed E-state index contributed by atoms with van der Waals surface area (Å²) in [7, 11) is 1.58. The summed E-state index contributed by atoms with van der Waals surface area (Å²) in [6.07, 6.45) is 3.54. The molecule has 41 heavy (non-hydrogen) atoms. The van der Waals surface area contributed by atoms with Gasteiger partial charge in [0.15, 0.2) is 5.65 Å². The van der Waals surface area contributed by atoms with Crippen molar-refractivity contribution in [2.45, 2.75) is 47.7 Å². The first-order valence-corrected chi connectivity index (χ1v) is 13.8. The summed E-state index contributed by atoms with van der Waals surface area (Å²) in [5.74, 6) is 6.56. The predicted molar refractivity (Wildman–Crippen MR) is 165 cm³/mol. The van der Waals surface area contributed by atoms with Gasteiger partial charge in [-0.1, -0.05) is 61.6 Å². The molecule has 3 heterocycles. The summed E-state index contributed by atoms with van der Waals surface area (Å²) in [6, 6.07) is 12.9. The quantitative estimate of drug-likeness (QED) is 0.232. The third kappa shape index (κ3) is 6.22. The molecule has 2 aromatic carbocycles. The smallest absolute Gasteiger partial charge is 0.263 e. The van der Waals surface area contributed by atoms with Crippen molar-refractivity contribution >= 4 is 39.1 Å². The summed E-state index contributed by atoms with van der Waals surface area (Å²) < 4.78 is 8.54. The number of aryl methyl sites for hydroxylation is 1. The zero-order chi connectivity index (χ0) is 29.5. The average molecular weight is 569 g/mol. The van der Waals surface area contributed by atoms with Gasteiger partial charge in [-0.3, -0.25) is 9.36 Å². The molecule has 9 heteroatoms. The molecule has 0 unspecified atom stereocenters. The van der Waals surface area contributed by atoms with Crippen molar-refractivity contribution in [2.24, 2.45) is 0 Å². The molecule has 0 saturated carbocycles. The molecule has 0 bridgehead atoms. The highest BCUT2D eigenvalue weighted by Gasteiger charge is 2.19. The van der Waals surface area contributed by atoms with Crippen molar-refractivity contribution in [2.75, 3.05) is 13.7 Å². The number of rotatable bonds is 6. The van der Waals surface area contributed by atoms with Crippen LogP contribution in [0.15, 0.2) is 59.7 Å². The van der Waals surface area contributed by atoms with Gasteiger partial charge in [-0.2, -0.15) is 5.10 Å². The van der Waals surface area contributed by atoms with E-state index in [4.69, 9.17) is 26.4 Å². The van der Waals surface area contributed by atoms with Crippen molar-refractivity contribution in [3.8, 4) is 11.8 Å². The van der Waals surface area contributed by atoms with Crippen LogP contribution in [0.5, 0.6) is 0 Å². The van der Waals surface area contributed by atoms with E-state index in [0.717, 1.165) is 27.9 Å². The lowest BCUT2D eigenvalue weighted by molar-refractivity contribution is 0.240. The molecule has 0 saturated heterocycles. The second kappa shape index (κ2) is 13.4. The first kappa shape index (κ1) is 29.7. The molecule has 0 N–H and O–H groups in total. The van der Waals surface area contributed by atoms with Crippen LogP contribution in [0.25, 0.3) is 27.5 Å². The Morgan fingerprint density at radius 1 is 1.07 bits per heavy atom. The number of ether oxygens (including phenoxy) is 1. The Hall–Kier alpha value is -4.32. The molecule has 210 valence electrons. The molecule has 0 aliphatic rings. The Labute approximate surface area is 244 Å². The van der Waals surface area contributed by atoms with Crippen molar-refractivity contribution in [3.05, 3.63) is 98.6 Å². The monoisotopic (exact) mass is 568 g/mol. The van der Waals surface area contributed by atoms with Crippen molar-refractivity contribution < 1.29 is 4.74 Å². The Morgan fingerprint density at radius 2 is 1.83 bits per heavy atom. The van der Waals surface area contributed by atoms with Gasteiger partial charge in [-0.25, -0.2) is 19.6 Å². The number of halogens is 1. The van der Waals surface area contributed by atoms with Gasteiger partial charge in [0.1, 0.15) is 25.3 Å². The van der Waals surface area contributed by atoms with Crippen LogP contribution in [-0.4, -0.2) is 43.0 Å². The molecule has 0 amide bonds. The number of aromatic nitrogens is 6. The van der Waals surface area contributed by atoms with E-state index < -0.39 is 0 Å². The summed E-state index contributed by atoms with van der Waals surface area (Å²) in [5, 5.41) is 6.87. The second-order valence-corrected chi connectivity index (χ2v) is 9.55. The Kier molecular flexibility index (Phi) is 9.66. The van der Waals surface area contributed by atoms with Crippen LogP contribution >= 0.6 is 11.6 Å². The van der Waals surface area contributed by atoms with Gasteiger partial charge >= 0.3 is 0 Å². The van der Waals surface area contributed by atoms with Crippen molar-refractivity contribution in [1.29, 1.82) is 0 Å². The third-order valence-electron chi connectivity index (χ3n) is 6.57. The highest BCUT2D eigenvalue weighted by Crippen LogP contribution is 2.26. The molecule has 8 nitrogen and oxygen atoms in total. The fourth-order valence-corrected chi connectivity index (χ4v) is 4.61. The van der Waals surface area contributed by atoms with E-state index in [9.17, 15) is 4.79 Å². The molecule has 0 aliphatic heterocycles. The van der Waals surface area contributed by atoms with Gasteiger partial charge < -0.3 is 4.74 Å². The minimum Gasteiger partial charge on any atom is -0.372 e. The summed E-state index contributed by atoms with van der Waals surface area (Å²) in [5.41, 5.74) is 5.27. The molecule has 0 spiro atoms. The number of methoxy groups -OCH3 is 1. The molecule has 0 aliphatic carbocycles. The number of benzene rings is 2. The minimum atomic E-state index is -0.181. The maximum absolute atomic E-state index is 14.1. The van der Waals surface area contributed by atoms with E-state index in [-0.39, 0.29) is 18.7 Å². The minimum absolute atomic E-state index is 0.181. The predicted octanol–water partition coefficient (Wildman–Crippen LogP) is 6.04. The molecule has 3 aromatic heterocycles. The lowest BCUT2D eigenvalue weighted by Gasteiger charge is -2.15. The Bertz CT molecular complexity index is 1840. The van der Waals surface area contributed by atoms with E-state index in [2.05, 4.69) is 21.8 Å². The van der Waals surface area contributed by atoms with E-state index in [1.165, 1.54) is 6.33 Å². The summed E-state index contributed by atoms with van der Waals surface area (Å²) in [4.78, 5) is 28.0. The third-order valence-corrected chi connectivity index (χ3v) is 6.82. The van der Waals surface area contributed by atoms with E-state index in [1.807, 2.05) is 83.2 Å². The van der Waals surface area contributed by atoms with Gasteiger partial charge in [-0.05, 0) is 56.2 Å². The van der Waals surface area contributed by atoms with Crippen LogP contribution in [0, 0.1) is 18.8 Å². The van der Waals surface area contributed by atoms with Gasteiger partial charge in [0.25, 0.3) is 5.56 Å². The first-order valence-electron chi connectivity index (χ1n) is 13.5. The number of hydrogen-bond donors (Lipinski definition) is 0. The fourth-order valence-electron chi connectivity index (χ4n) is 4.48. The SMILES string of the molecule is C/C=C(\C)c1nn(Cc2nc3cccc(C#CCOC)c3c(=O)n2Cc2ccc(Cl)cc2)c2ncnc(C)c12.CC. The van der Waals surface area contributed by atoms with E-state index in [1.54, 1.807) is 16.4 Å². The largest absolute Gasteiger partial charge is 0.372 e. The topological polar surface area (TPSA) is 87.7 Å². The molecule has 0 atom stereocenters. The number of nitrogens with zero attached hydrogens (tertiary/aromatic N) is 6. The van der Waals surface area contributed by atoms with Crippen LogP contribution in [0.2, 0.25) is 5.02 Å². The standard InChI is InChI=1S/C30H27ClN6O2.C2H6/c1-5-19(2)28-26-20(3)32-18-33-29(26)37(35-28)17-25-34-24-10-6-8-22(9-7-15-39-4)27(24)30(38)36(25)16-21-11-13-23(31)14-12-21;1-2/h5-6,8,10-14,18H,15-17H2,1-4H3;1-2H3/b19-5+;. The van der Waals surface area contributed by atoms with Gasteiger partial charge in [-0.15, -0.1) is 0 Å². The van der Waals surface area contributed by atoms with E-state index >= 15 is 0 Å². The highest BCUT2D eigenvalue weighted by atomic mass is 35.5. The molecule has 0 radical (unpaired) electrons. The molecule has 5 rings (SSSR count). The normalized spacial score (nSPS) is 11.2. The Balaban J connectivity index is 0.00000189. The van der Waals surface area contributed by atoms with E-state index in [0.29, 0.717) is 39.5 Å². The maximum Gasteiger partial charge on any atom is 0.263 e. The maximum atomic E-state index is 14.1. The lowest BCUT2D eigenvalue weighted by atomic mass is 10.1. The number of allylic oxidation sites excluding steroid dienone is 2. The van der Waals surface area contributed by atoms with Crippen molar-refractivity contribution in [3.63, 3.8) is 0 Å².